The van der Waals surface area contributed by atoms with Crippen molar-refractivity contribution in [3.05, 3.63) is 109 Å². The summed E-state index contributed by atoms with van der Waals surface area (Å²) < 4.78 is 11.1. The zero-order valence-corrected chi connectivity index (χ0v) is 19.4. The number of ether oxygens (including phenoxy) is 2. The summed E-state index contributed by atoms with van der Waals surface area (Å²) in [6.45, 7) is 8.47. The second-order valence-electron chi connectivity index (χ2n) is 8.89. The van der Waals surface area contributed by atoms with Gasteiger partial charge in [-0.25, -0.2) is 10.0 Å². The zero-order valence-electron chi connectivity index (χ0n) is 19.4. The van der Waals surface area contributed by atoms with Gasteiger partial charge in [0.05, 0.1) is 23.2 Å². The molecule has 36 heavy (non-hydrogen) atoms. The first kappa shape index (κ1) is 21.8. The van der Waals surface area contributed by atoms with Gasteiger partial charge in [0.25, 0.3) is 11.8 Å². The highest BCUT2D eigenvalue weighted by atomic mass is 16.7. The number of hydrazine groups is 2. The second kappa shape index (κ2) is 8.49. The maximum Gasteiger partial charge on any atom is 0.255 e. The van der Waals surface area contributed by atoms with E-state index in [9.17, 15) is 9.59 Å². The second-order valence-corrected chi connectivity index (χ2v) is 8.89. The van der Waals surface area contributed by atoms with Gasteiger partial charge < -0.3 is 9.47 Å². The van der Waals surface area contributed by atoms with Crippen LogP contribution < -0.4 is 30.3 Å². The molecule has 180 valence electrons. The number of benzene rings is 3. The topological polar surface area (TPSA) is 83.1 Å². The van der Waals surface area contributed by atoms with E-state index >= 15 is 0 Å². The molecule has 3 aromatic rings. The number of fused-ring (bicyclic) bond motifs is 1. The van der Waals surface area contributed by atoms with Crippen LogP contribution in [0.5, 0.6) is 11.5 Å². The lowest BCUT2D eigenvalue weighted by molar-refractivity contribution is -0.123. The van der Waals surface area contributed by atoms with E-state index in [1.54, 1.807) is 6.07 Å². The lowest BCUT2D eigenvalue weighted by Gasteiger charge is -2.27. The molecule has 3 aromatic carbocycles. The van der Waals surface area contributed by atoms with Gasteiger partial charge in [0.15, 0.2) is 11.5 Å². The normalized spacial score (nSPS) is 21.6. The minimum atomic E-state index is -0.728. The molecule has 2 saturated heterocycles. The Morgan fingerprint density at radius 2 is 1.22 bits per heavy atom. The van der Waals surface area contributed by atoms with Crippen LogP contribution in [-0.4, -0.2) is 18.6 Å². The molecule has 0 aliphatic carbocycles. The van der Waals surface area contributed by atoms with Crippen LogP contribution in [0.25, 0.3) is 0 Å². The van der Waals surface area contributed by atoms with Gasteiger partial charge in [0, 0.05) is 17.3 Å². The van der Waals surface area contributed by atoms with E-state index in [0.29, 0.717) is 34.3 Å². The molecule has 2 fully saturated rings. The van der Waals surface area contributed by atoms with E-state index in [4.69, 9.17) is 9.47 Å². The monoisotopic (exact) mass is 480 g/mol. The predicted octanol–water partition coefficient (Wildman–Crippen LogP) is 3.86. The summed E-state index contributed by atoms with van der Waals surface area (Å²) in [6.07, 6.45) is 0. The summed E-state index contributed by atoms with van der Waals surface area (Å²) in [7, 11) is 0. The average molecular weight is 481 g/mol. The highest BCUT2D eigenvalue weighted by Crippen LogP contribution is 2.47. The molecule has 2 N–H and O–H groups in total. The van der Waals surface area contributed by atoms with Crippen LogP contribution in [0, 0.1) is 11.8 Å². The number of carbonyl (C=O) groups is 2. The van der Waals surface area contributed by atoms with Crippen molar-refractivity contribution < 1.29 is 19.1 Å². The lowest BCUT2D eigenvalue weighted by atomic mass is 9.74. The molecular formula is C28H24N4O4. The van der Waals surface area contributed by atoms with Gasteiger partial charge in [-0.05, 0) is 42.0 Å². The van der Waals surface area contributed by atoms with E-state index < -0.39 is 17.8 Å². The van der Waals surface area contributed by atoms with Crippen molar-refractivity contribution >= 4 is 23.2 Å². The molecule has 0 saturated carbocycles. The number of carbonyl (C=O) groups excluding carboxylic acids is 2. The van der Waals surface area contributed by atoms with Gasteiger partial charge in [-0.3, -0.25) is 20.4 Å². The molecule has 8 heteroatoms. The summed E-state index contributed by atoms with van der Waals surface area (Å²) in [6, 6.07) is 24.1. The zero-order chi connectivity index (χ0) is 24.8. The van der Waals surface area contributed by atoms with Crippen LogP contribution in [0.4, 0.5) is 11.4 Å². The maximum absolute atomic E-state index is 13.9. The van der Waals surface area contributed by atoms with Crippen LogP contribution in [0.2, 0.25) is 0 Å². The average Bonchev–Trinajstić information content (AvgIpc) is 3.57. The Kier molecular flexibility index (Phi) is 5.14. The fraction of sp³-hybridized carbons (Fsp3) is 0.143. The number of hydrogen-bond acceptors (Lipinski definition) is 6. The fourth-order valence-electron chi connectivity index (χ4n) is 5.09. The van der Waals surface area contributed by atoms with E-state index in [1.807, 2.05) is 72.8 Å². The molecule has 3 aliphatic rings. The van der Waals surface area contributed by atoms with Crippen molar-refractivity contribution in [2.75, 3.05) is 16.8 Å². The van der Waals surface area contributed by atoms with E-state index in [1.165, 1.54) is 10.0 Å². The van der Waals surface area contributed by atoms with Crippen LogP contribution >= 0.6 is 0 Å². The van der Waals surface area contributed by atoms with E-state index in [0.717, 1.165) is 5.56 Å². The van der Waals surface area contributed by atoms with Crippen LogP contribution in [0.15, 0.2) is 103 Å². The van der Waals surface area contributed by atoms with Crippen LogP contribution in [-0.2, 0) is 9.59 Å². The Bertz CT molecular complexity index is 1300. The number of amides is 2. The molecule has 0 spiro atoms. The molecule has 3 aliphatic heterocycles. The molecule has 0 radical (unpaired) electrons. The van der Waals surface area contributed by atoms with Crippen molar-refractivity contribution in [3.8, 4) is 11.5 Å². The summed E-state index contributed by atoms with van der Waals surface area (Å²) in [5.41, 5.74) is 9.40. The number of anilines is 2. The molecule has 6 rings (SSSR count). The first-order valence-corrected chi connectivity index (χ1v) is 11.6. The summed E-state index contributed by atoms with van der Waals surface area (Å²) >= 11 is 0. The number of hydrogen-bond donors (Lipinski definition) is 2. The lowest BCUT2D eigenvalue weighted by Crippen LogP contribution is -2.37. The van der Waals surface area contributed by atoms with Crippen LogP contribution in [0.1, 0.15) is 11.5 Å². The van der Waals surface area contributed by atoms with Gasteiger partial charge in [0.2, 0.25) is 6.79 Å². The van der Waals surface area contributed by atoms with Crippen molar-refractivity contribution in [3.63, 3.8) is 0 Å². The van der Waals surface area contributed by atoms with Crippen molar-refractivity contribution in [1.29, 1.82) is 0 Å². The van der Waals surface area contributed by atoms with E-state index in [-0.39, 0.29) is 18.6 Å². The summed E-state index contributed by atoms with van der Waals surface area (Å²) in [4.78, 5) is 27.7. The van der Waals surface area contributed by atoms with E-state index in [2.05, 4.69) is 24.0 Å². The molecule has 0 bridgehead atoms. The van der Waals surface area contributed by atoms with Gasteiger partial charge in [-0.2, -0.15) is 0 Å². The third kappa shape index (κ3) is 3.46. The standard InChI is InChI=1S/C28H24N4O4/c1-17-24(27(33)31(29-17)20-9-5-3-6-10-20)26(19-13-14-22-23(15-19)36-16-35-22)25-18(2)30-32(28(25)34)21-11-7-4-8-12-21/h3-15,24-26,29-30H,1-2,16H2. The highest BCUT2D eigenvalue weighted by molar-refractivity contribution is 6.03. The number of rotatable bonds is 5. The third-order valence-corrected chi connectivity index (χ3v) is 6.76. The Hall–Kier alpha value is -4.72. The summed E-state index contributed by atoms with van der Waals surface area (Å²) in [5, 5.41) is 2.97. The third-order valence-electron chi connectivity index (χ3n) is 6.76. The SMILES string of the molecule is C=C1NN(c2ccccc2)C(=O)C1C(c1ccc2c(c1)OCO2)C1C(=C)NN(c2ccccc2)C1=O. The minimum Gasteiger partial charge on any atom is -0.454 e. The number of nitrogens with zero attached hydrogens (tertiary/aromatic N) is 2. The number of nitrogens with one attached hydrogen (secondary N) is 2. The first-order chi connectivity index (χ1) is 17.5. The molecule has 2 atom stereocenters. The molecule has 8 nitrogen and oxygen atoms in total. The number of para-hydroxylation sites is 2. The molecule has 0 aromatic heterocycles. The Labute approximate surface area is 208 Å². The highest BCUT2D eigenvalue weighted by Gasteiger charge is 2.51. The minimum absolute atomic E-state index is 0.125. The van der Waals surface area contributed by atoms with Crippen LogP contribution in [0.3, 0.4) is 0 Å². The summed E-state index contributed by atoms with van der Waals surface area (Å²) in [5.74, 6) is -1.26. The van der Waals surface area contributed by atoms with Gasteiger partial charge in [-0.1, -0.05) is 55.6 Å². The van der Waals surface area contributed by atoms with Crippen molar-refractivity contribution in [2.45, 2.75) is 5.92 Å². The Morgan fingerprint density at radius 1 is 0.722 bits per heavy atom. The maximum atomic E-state index is 13.9. The largest absolute Gasteiger partial charge is 0.454 e. The Morgan fingerprint density at radius 3 is 1.75 bits per heavy atom. The van der Waals surface area contributed by atoms with Crippen molar-refractivity contribution in [2.24, 2.45) is 11.8 Å². The molecule has 3 heterocycles. The predicted molar refractivity (Wildman–Crippen MR) is 135 cm³/mol. The fourth-order valence-corrected chi connectivity index (χ4v) is 5.09. The van der Waals surface area contributed by atoms with Gasteiger partial charge in [-0.15, -0.1) is 0 Å². The van der Waals surface area contributed by atoms with Gasteiger partial charge in [0.1, 0.15) is 0 Å². The first-order valence-electron chi connectivity index (χ1n) is 11.6. The quantitative estimate of drug-likeness (QED) is 0.577. The van der Waals surface area contributed by atoms with Gasteiger partial charge >= 0.3 is 0 Å². The molecular weight excluding hydrogens is 456 g/mol. The smallest absolute Gasteiger partial charge is 0.255 e. The van der Waals surface area contributed by atoms with Crippen molar-refractivity contribution in [1.82, 2.24) is 10.9 Å². The molecule has 2 amide bonds. The Balaban J connectivity index is 1.43. The molecule has 2 unspecified atom stereocenters.